The first-order valence-corrected chi connectivity index (χ1v) is 10.4. The SMILES string of the molecule is Cc1ccc(-n2nnnc2SCC(=O)NN(c2ccccc2)c2ccccc2)cc1. The van der Waals surface area contributed by atoms with Gasteiger partial charge in [0.05, 0.1) is 22.8 Å². The van der Waals surface area contributed by atoms with Crippen LogP contribution in [0.4, 0.5) is 11.4 Å². The van der Waals surface area contributed by atoms with Crippen LogP contribution in [0.1, 0.15) is 5.56 Å². The number of carbonyl (C=O) groups is 1. The van der Waals surface area contributed by atoms with E-state index in [9.17, 15) is 4.79 Å². The zero-order chi connectivity index (χ0) is 20.8. The first-order valence-electron chi connectivity index (χ1n) is 9.38. The second kappa shape index (κ2) is 9.23. The fraction of sp³-hybridized carbons (Fsp3) is 0.0909. The number of aromatic nitrogens is 4. The largest absolute Gasteiger partial charge is 0.272 e. The molecular weight excluding hydrogens is 396 g/mol. The molecule has 0 atom stereocenters. The van der Waals surface area contributed by atoms with E-state index < -0.39 is 0 Å². The summed E-state index contributed by atoms with van der Waals surface area (Å²) in [6.45, 7) is 2.02. The molecule has 0 bridgehead atoms. The molecule has 0 fully saturated rings. The molecule has 8 heteroatoms. The molecule has 1 N–H and O–H groups in total. The Morgan fingerprint density at radius 3 is 2.13 bits per heavy atom. The molecule has 0 aliphatic heterocycles. The van der Waals surface area contributed by atoms with Gasteiger partial charge in [-0.2, -0.15) is 4.68 Å². The van der Waals surface area contributed by atoms with E-state index in [1.807, 2.05) is 91.9 Å². The highest BCUT2D eigenvalue weighted by Crippen LogP contribution is 2.23. The smallest absolute Gasteiger partial charge is 0.249 e. The summed E-state index contributed by atoms with van der Waals surface area (Å²) >= 11 is 1.28. The number of thioether (sulfide) groups is 1. The topological polar surface area (TPSA) is 75.9 Å². The average molecular weight is 417 g/mol. The van der Waals surface area contributed by atoms with Gasteiger partial charge in [0.25, 0.3) is 0 Å². The van der Waals surface area contributed by atoms with E-state index in [1.165, 1.54) is 11.8 Å². The lowest BCUT2D eigenvalue weighted by Gasteiger charge is -2.25. The molecule has 30 heavy (non-hydrogen) atoms. The lowest BCUT2D eigenvalue weighted by Crippen LogP contribution is -2.40. The third-order valence-corrected chi connectivity index (χ3v) is 5.24. The van der Waals surface area contributed by atoms with Crippen molar-refractivity contribution in [1.29, 1.82) is 0 Å². The van der Waals surface area contributed by atoms with Crippen LogP contribution in [-0.2, 0) is 4.79 Å². The summed E-state index contributed by atoms with van der Waals surface area (Å²) in [6.07, 6.45) is 0. The van der Waals surface area contributed by atoms with Gasteiger partial charge >= 0.3 is 0 Å². The number of rotatable bonds is 7. The summed E-state index contributed by atoms with van der Waals surface area (Å²) in [5, 5.41) is 14.2. The maximum Gasteiger partial charge on any atom is 0.249 e. The number of nitrogens with zero attached hydrogens (tertiary/aromatic N) is 5. The molecule has 0 aliphatic rings. The number of nitrogens with one attached hydrogen (secondary N) is 1. The lowest BCUT2D eigenvalue weighted by molar-refractivity contribution is -0.118. The predicted molar refractivity (Wildman–Crippen MR) is 118 cm³/mol. The Hall–Kier alpha value is -3.65. The van der Waals surface area contributed by atoms with Crippen molar-refractivity contribution in [3.8, 4) is 5.69 Å². The standard InChI is InChI=1S/C22H20N6OS/c1-17-12-14-20(15-13-17)28-22(23-25-26-28)30-16-21(29)24-27(18-8-4-2-5-9-18)19-10-6-3-7-11-19/h2-15H,16H2,1H3,(H,24,29). The normalized spacial score (nSPS) is 10.6. The maximum absolute atomic E-state index is 12.7. The van der Waals surface area contributed by atoms with Crippen LogP contribution in [0.25, 0.3) is 5.69 Å². The molecule has 3 aromatic carbocycles. The summed E-state index contributed by atoms with van der Waals surface area (Å²) in [5.74, 6) is 0.00809. The van der Waals surface area contributed by atoms with Gasteiger partial charge in [0, 0.05) is 0 Å². The maximum atomic E-state index is 12.7. The Balaban J connectivity index is 1.46. The molecule has 0 aliphatic carbocycles. The number of benzene rings is 3. The van der Waals surface area contributed by atoms with Gasteiger partial charge in [-0.3, -0.25) is 15.2 Å². The van der Waals surface area contributed by atoms with Crippen LogP contribution in [0, 0.1) is 6.92 Å². The summed E-state index contributed by atoms with van der Waals surface area (Å²) in [7, 11) is 0. The van der Waals surface area contributed by atoms with E-state index in [0.717, 1.165) is 22.6 Å². The number of amides is 1. The number of aryl methyl sites for hydroxylation is 1. The quantitative estimate of drug-likeness (QED) is 0.363. The van der Waals surface area contributed by atoms with Crippen molar-refractivity contribution in [1.82, 2.24) is 25.6 Å². The summed E-state index contributed by atoms with van der Waals surface area (Å²) in [5.41, 5.74) is 6.71. The van der Waals surface area contributed by atoms with Crippen LogP contribution in [0.3, 0.4) is 0 Å². The van der Waals surface area contributed by atoms with Crippen molar-refractivity contribution < 1.29 is 4.79 Å². The second-order valence-corrected chi connectivity index (χ2v) is 7.48. The Bertz CT molecular complexity index is 1060. The van der Waals surface area contributed by atoms with Gasteiger partial charge < -0.3 is 0 Å². The monoisotopic (exact) mass is 416 g/mol. The zero-order valence-corrected chi connectivity index (χ0v) is 17.2. The molecule has 0 radical (unpaired) electrons. The van der Waals surface area contributed by atoms with Crippen molar-refractivity contribution in [2.24, 2.45) is 0 Å². The highest BCUT2D eigenvalue weighted by molar-refractivity contribution is 7.99. The molecule has 4 rings (SSSR count). The molecular formula is C22H20N6OS. The molecule has 1 aromatic heterocycles. The van der Waals surface area contributed by atoms with Crippen LogP contribution in [0.2, 0.25) is 0 Å². The minimum absolute atomic E-state index is 0.161. The highest BCUT2D eigenvalue weighted by atomic mass is 32.2. The average Bonchev–Trinajstić information content (AvgIpc) is 3.26. The molecule has 0 spiro atoms. The van der Waals surface area contributed by atoms with Crippen LogP contribution >= 0.6 is 11.8 Å². The first kappa shape index (κ1) is 19.7. The number of anilines is 2. The highest BCUT2D eigenvalue weighted by Gasteiger charge is 2.15. The number of tetrazole rings is 1. The van der Waals surface area contributed by atoms with E-state index in [0.29, 0.717) is 5.16 Å². The van der Waals surface area contributed by atoms with Crippen molar-refractivity contribution in [3.63, 3.8) is 0 Å². The fourth-order valence-corrected chi connectivity index (χ4v) is 3.52. The molecule has 1 amide bonds. The van der Waals surface area contributed by atoms with E-state index in [-0.39, 0.29) is 11.7 Å². The van der Waals surface area contributed by atoms with Crippen molar-refractivity contribution in [2.75, 3.05) is 10.8 Å². The molecule has 0 unspecified atom stereocenters. The lowest BCUT2D eigenvalue weighted by atomic mass is 10.2. The van der Waals surface area contributed by atoms with Crippen molar-refractivity contribution in [2.45, 2.75) is 12.1 Å². The van der Waals surface area contributed by atoms with Crippen LogP contribution in [0.5, 0.6) is 0 Å². The third kappa shape index (κ3) is 4.66. The second-order valence-electron chi connectivity index (χ2n) is 6.54. The van der Waals surface area contributed by atoms with Gasteiger partial charge in [0.1, 0.15) is 0 Å². The van der Waals surface area contributed by atoms with Gasteiger partial charge in [-0.1, -0.05) is 65.9 Å². The van der Waals surface area contributed by atoms with Gasteiger partial charge in [0.15, 0.2) is 0 Å². The van der Waals surface area contributed by atoms with E-state index in [1.54, 1.807) is 9.69 Å². The number of para-hydroxylation sites is 2. The Labute approximate surface area is 178 Å². The van der Waals surface area contributed by atoms with Gasteiger partial charge in [-0.25, -0.2) is 0 Å². The molecule has 0 saturated heterocycles. The minimum Gasteiger partial charge on any atom is -0.272 e. The van der Waals surface area contributed by atoms with E-state index >= 15 is 0 Å². The Kier molecular flexibility index (Phi) is 6.05. The molecule has 4 aromatic rings. The van der Waals surface area contributed by atoms with E-state index in [2.05, 4.69) is 21.0 Å². The first-order chi connectivity index (χ1) is 14.7. The number of hydrogen-bond acceptors (Lipinski definition) is 6. The summed E-state index contributed by atoms with van der Waals surface area (Å²) in [6, 6.07) is 27.3. The molecule has 7 nitrogen and oxygen atoms in total. The van der Waals surface area contributed by atoms with Crippen LogP contribution in [-0.4, -0.2) is 31.9 Å². The van der Waals surface area contributed by atoms with Gasteiger partial charge in [-0.15, -0.1) is 5.10 Å². The Morgan fingerprint density at radius 2 is 1.53 bits per heavy atom. The number of carbonyl (C=O) groups excluding carboxylic acids is 1. The summed E-state index contributed by atoms with van der Waals surface area (Å²) < 4.78 is 1.63. The fourth-order valence-electron chi connectivity index (χ4n) is 2.84. The number of hydrogen-bond donors (Lipinski definition) is 1. The summed E-state index contributed by atoms with van der Waals surface area (Å²) in [4.78, 5) is 12.7. The van der Waals surface area contributed by atoms with Gasteiger partial charge in [-0.05, 0) is 53.7 Å². The minimum atomic E-state index is -0.161. The number of hydrazine groups is 1. The van der Waals surface area contributed by atoms with Crippen molar-refractivity contribution >= 4 is 29.0 Å². The van der Waals surface area contributed by atoms with Crippen LogP contribution in [0.15, 0.2) is 90.1 Å². The predicted octanol–water partition coefficient (Wildman–Crippen LogP) is 3.93. The molecule has 150 valence electrons. The van der Waals surface area contributed by atoms with Crippen molar-refractivity contribution in [3.05, 3.63) is 90.5 Å². The molecule has 0 saturated carbocycles. The zero-order valence-electron chi connectivity index (χ0n) is 16.3. The molecule has 1 heterocycles. The third-order valence-electron chi connectivity index (χ3n) is 4.32. The van der Waals surface area contributed by atoms with E-state index in [4.69, 9.17) is 0 Å². The Morgan fingerprint density at radius 1 is 0.933 bits per heavy atom. The van der Waals surface area contributed by atoms with Crippen LogP contribution < -0.4 is 10.4 Å². The van der Waals surface area contributed by atoms with Gasteiger partial charge in [0.2, 0.25) is 11.1 Å².